The number of amides is 1. The van der Waals surface area contributed by atoms with Crippen molar-refractivity contribution in [1.82, 2.24) is 0 Å². The monoisotopic (exact) mass is 328 g/mol. The fraction of sp³-hybridized carbons (Fsp3) is 0.222. The van der Waals surface area contributed by atoms with Gasteiger partial charge in [-0.1, -0.05) is 18.2 Å². The minimum absolute atomic E-state index is 0.258. The van der Waals surface area contributed by atoms with E-state index in [2.05, 4.69) is 10.1 Å². The summed E-state index contributed by atoms with van der Waals surface area (Å²) in [5, 5.41) is 2.75. The third kappa shape index (κ3) is 5.10. The molecule has 0 spiro atoms. The molecule has 126 valence electrons. The van der Waals surface area contributed by atoms with E-state index in [1.54, 1.807) is 36.4 Å². The molecule has 0 saturated carbocycles. The van der Waals surface area contributed by atoms with Gasteiger partial charge in [0.05, 0.1) is 25.3 Å². The van der Waals surface area contributed by atoms with Crippen LogP contribution in [0.15, 0.2) is 54.6 Å². The van der Waals surface area contributed by atoms with E-state index in [0.717, 1.165) is 0 Å². The fourth-order valence-electron chi connectivity index (χ4n) is 2.00. The number of para-hydroxylation sites is 1. The van der Waals surface area contributed by atoms with Crippen molar-refractivity contribution in [2.75, 3.05) is 19.0 Å². The molecule has 24 heavy (non-hydrogen) atoms. The highest BCUT2D eigenvalue weighted by molar-refractivity contribution is 5.94. The second-order valence-corrected chi connectivity index (χ2v) is 5.11. The average molecular weight is 328 g/mol. The molecule has 0 aliphatic heterocycles. The largest absolute Gasteiger partial charge is 0.494 e. The molecule has 2 rings (SSSR count). The lowest BCUT2D eigenvalue weighted by Crippen LogP contribution is -2.36. The van der Waals surface area contributed by atoms with E-state index >= 15 is 0 Å². The van der Waals surface area contributed by atoms with Crippen molar-refractivity contribution in [3.63, 3.8) is 0 Å². The quantitative estimate of drug-likeness (QED) is 0.761. The lowest BCUT2D eigenvalue weighted by molar-refractivity contribution is -0.117. The topological polar surface area (TPSA) is 90.7 Å². The molecule has 1 atom stereocenters. The summed E-state index contributed by atoms with van der Waals surface area (Å²) >= 11 is 0. The lowest BCUT2D eigenvalue weighted by atomic mass is 10.2. The van der Waals surface area contributed by atoms with Gasteiger partial charge in [0.1, 0.15) is 5.75 Å². The Hall–Kier alpha value is -2.86. The van der Waals surface area contributed by atoms with Gasteiger partial charge in [-0.15, -0.1) is 0 Å². The number of ether oxygens (including phenoxy) is 2. The second-order valence-electron chi connectivity index (χ2n) is 5.11. The Morgan fingerprint density at radius 3 is 2.38 bits per heavy atom. The van der Waals surface area contributed by atoms with Gasteiger partial charge in [0.15, 0.2) is 0 Å². The van der Waals surface area contributed by atoms with E-state index in [1.807, 2.05) is 18.2 Å². The van der Waals surface area contributed by atoms with Crippen LogP contribution in [0.4, 0.5) is 5.69 Å². The number of nitrogens with one attached hydrogen (secondary N) is 1. The summed E-state index contributed by atoms with van der Waals surface area (Å²) in [6.07, 6.45) is 0.372. The molecule has 1 amide bonds. The van der Waals surface area contributed by atoms with Crippen molar-refractivity contribution in [2.45, 2.75) is 12.5 Å². The second kappa shape index (κ2) is 8.69. The Morgan fingerprint density at radius 1 is 1.08 bits per heavy atom. The minimum Gasteiger partial charge on any atom is -0.494 e. The van der Waals surface area contributed by atoms with Crippen molar-refractivity contribution in [2.24, 2.45) is 5.73 Å². The van der Waals surface area contributed by atoms with Crippen LogP contribution in [0, 0.1) is 0 Å². The maximum atomic E-state index is 12.0. The van der Waals surface area contributed by atoms with E-state index in [-0.39, 0.29) is 5.91 Å². The van der Waals surface area contributed by atoms with Crippen LogP contribution in [0.5, 0.6) is 5.75 Å². The molecule has 3 N–H and O–H groups in total. The van der Waals surface area contributed by atoms with Crippen LogP contribution >= 0.6 is 0 Å². The summed E-state index contributed by atoms with van der Waals surface area (Å²) in [6.45, 7) is 0.293. The van der Waals surface area contributed by atoms with E-state index in [9.17, 15) is 9.59 Å². The van der Waals surface area contributed by atoms with Crippen molar-refractivity contribution in [3.05, 3.63) is 60.2 Å². The molecule has 6 nitrogen and oxygen atoms in total. The highest BCUT2D eigenvalue weighted by atomic mass is 16.5. The molecule has 0 fully saturated rings. The van der Waals surface area contributed by atoms with E-state index in [0.29, 0.717) is 30.0 Å². The first-order chi connectivity index (χ1) is 11.6. The van der Waals surface area contributed by atoms with E-state index in [1.165, 1.54) is 7.11 Å². The maximum Gasteiger partial charge on any atom is 0.337 e. The predicted molar refractivity (Wildman–Crippen MR) is 90.9 cm³/mol. The number of nitrogens with two attached hydrogens (primary N) is 1. The van der Waals surface area contributed by atoms with Crippen molar-refractivity contribution in [3.8, 4) is 5.75 Å². The van der Waals surface area contributed by atoms with Crippen LogP contribution < -0.4 is 15.8 Å². The van der Waals surface area contributed by atoms with Crippen LogP contribution in [0.3, 0.4) is 0 Å². The Labute approximate surface area is 140 Å². The van der Waals surface area contributed by atoms with Crippen LogP contribution in [0.1, 0.15) is 16.8 Å². The van der Waals surface area contributed by atoms with Crippen molar-refractivity contribution in [1.29, 1.82) is 0 Å². The zero-order valence-electron chi connectivity index (χ0n) is 13.4. The maximum absolute atomic E-state index is 12.0. The van der Waals surface area contributed by atoms with Gasteiger partial charge in [-0.2, -0.15) is 0 Å². The van der Waals surface area contributed by atoms with Gasteiger partial charge in [-0.05, 0) is 36.4 Å². The molecule has 2 aromatic carbocycles. The fourth-order valence-corrected chi connectivity index (χ4v) is 2.00. The number of rotatable bonds is 7. The highest BCUT2D eigenvalue weighted by Gasteiger charge is 2.13. The highest BCUT2D eigenvalue weighted by Crippen LogP contribution is 2.13. The Kier molecular flexibility index (Phi) is 6.33. The molecule has 0 saturated heterocycles. The zero-order valence-corrected chi connectivity index (χ0v) is 13.4. The molecule has 0 aromatic heterocycles. The Balaban J connectivity index is 1.76. The van der Waals surface area contributed by atoms with E-state index < -0.39 is 12.0 Å². The molecule has 0 heterocycles. The first-order valence-corrected chi connectivity index (χ1v) is 7.53. The zero-order chi connectivity index (χ0) is 17.4. The van der Waals surface area contributed by atoms with Gasteiger partial charge in [0.25, 0.3) is 0 Å². The average Bonchev–Trinajstić information content (AvgIpc) is 2.62. The summed E-state index contributed by atoms with van der Waals surface area (Å²) in [5.41, 5.74) is 7.01. The number of carbonyl (C=O) groups is 2. The minimum atomic E-state index is -0.667. The Bertz CT molecular complexity index is 671. The van der Waals surface area contributed by atoms with Gasteiger partial charge in [0.2, 0.25) is 5.91 Å². The van der Waals surface area contributed by atoms with Gasteiger partial charge in [-0.3, -0.25) is 4.79 Å². The summed E-state index contributed by atoms with van der Waals surface area (Å²) in [7, 11) is 1.33. The van der Waals surface area contributed by atoms with Crippen LogP contribution in [-0.2, 0) is 9.53 Å². The third-order valence-corrected chi connectivity index (χ3v) is 3.35. The number of benzene rings is 2. The smallest absolute Gasteiger partial charge is 0.337 e. The van der Waals surface area contributed by atoms with Crippen molar-refractivity contribution < 1.29 is 19.1 Å². The summed E-state index contributed by atoms with van der Waals surface area (Å²) in [6, 6.07) is 15.0. The molecule has 0 bridgehead atoms. The molecule has 0 aliphatic carbocycles. The van der Waals surface area contributed by atoms with Crippen molar-refractivity contribution >= 4 is 17.6 Å². The molecule has 0 radical (unpaired) electrons. The molecular formula is C18H20N2O4. The SMILES string of the molecule is COC(=O)c1ccc(OCCC(N)C(=O)Nc2ccccc2)cc1. The third-order valence-electron chi connectivity index (χ3n) is 3.35. The summed E-state index contributed by atoms with van der Waals surface area (Å²) in [4.78, 5) is 23.3. The summed E-state index contributed by atoms with van der Waals surface area (Å²) < 4.78 is 10.2. The van der Waals surface area contributed by atoms with Gasteiger partial charge in [-0.25, -0.2) is 4.79 Å². The number of hydrogen-bond acceptors (Lipinski definition) is 5. The van der Waals surface area contributed by atoms with Crippen LogP contribution in [0.25, 0.3) is 0 Å². The lowest BCUT2D eigenvalue weighted by Gasteiger charge is -2.13. The number of methoxy groups -OCH3 is 1. The molecule has 2 aromatic rings. The van der Waals surface area contributed by atoms with Gasteiger partial charge < -0.3 is 20.5 Å². The summed E-state index contributed by atoms with van der Waals surface area (Å²) in [5.74, 6) is -0.0645. The number of carbonyl (C=O) groups excluding carboxylic acids is 2. The number of esters is 1. The van der Waals surface area contributed by atoms with Gasteiger partial charge in [0, 0.05) is 12.1 Å². The van der Waals surface area contributed by atoms with E-state index in [4.69, 9.17) is 10.5 Å². The molecule has 1 unspecified atom stereocenters. The predicted octanol–water partition coefficient (Wildman–Crippen LogP) is 2.21. The molecule has 0 aliphatic rings. The normalized spacial score (nSPS) is 11.4. The number of hydrogen-bond donors (Lipinski definition) is 2. The van der Waals surface area contributed by atoms with Gasteiger partial charge >= 0.3 is 5.97 Å². The van der Waals surface area contributed by atoms with Crippen LogP contribution in [0.2, 0.25) is 0 Å². The van der Waals surface area contributed by atoms with Crippen LogP contribution in [-0.4, -0.2) is 31.6 Å². The first-order valence-electron chi connectivity index (χ1n) is 7.53. The standard InChI is InChI=1S/C18H20N2O4/c1-23-18(22)13-7-9-15(10-8-13)24-12-11-16(19)17(21)20-14-5-3-2-4-6-14/h2-10,16H,11-12,19H2,1H3,(H,20,21). The molecular weight excluding hydrogens is 308 g/mol. The first kappa shape index (κ1) is 17.5. The number of anilines is 1. The Morgan fingerprint density at radius 2 is 1.75 bits per heavy atom. The molecule has 6 heteroatoms.